The van der Waals surface area contributed by atoms with Gasteiger partial charge >= 0.3 is 0 Å². The number of imidazole rings is 1. The van der Waals surface area contributed by atoms with Crippen LogP contribution in [0.15, 0.2) is 29.0 Å². The summed E-state index contributed by atoms with van der Waals surface area (Å²) in [6.07, 6.45) is 0.849. The van der Waals surface area contributed by atoms with Crippen molar-refractivity contribution in [3.05, 3.63) is 34.6 Å². The van der Waals surface area contributed by atoms with Crippen LogP contribution in [0.25, 0.3) is 11.2 Å². The average Bonchev–Trinajstić information content (AvgIpc) is 2.91. The number of rotatable bonds is 6. The van der Waals surface area contributed by atoms with Crippen molar-refractivity contribution in [2.75, 3.05) is 24.7 Å². The van der Waals surface area contributed by atoms with Gasteiger partial charge in [-0.2, -0.15) is 9.97 Å². The third-order valence-corrected chi connectivity index (χ3v) is 4.35. The van der Waals surface area contributed by atoms with Crippen molar-refractivity contribution in [2.45, 2.75) is 19.9 Å². The predicted molar refractivity (Wildman–Crippen MR) is 98.3 cm³/mol. The van der Waals surface area contributed by atoms with Crippen LogP contribution in [-0.4, -0.2) is 33.2 Å². The number of methoxy groups -OCH3 is 1. The van der Waals surface area contributed by atoms with Gasteiger partial charge in [-0.15, -0.1) is 0 Å². The van der Waals surface area contributed by atoms with E-state index in [1.54, 1.807) is 7.11 Å². The molecule has 3 aromatic rings. The topological polar surface area (TPSA) is 90.9 Å². The number of nitrogens with one attached hydrogen (secondary N) is 1. The molecule has 0 aliphatic carbocycles. The summed E-state index contributed by atoms with van der Waals surface area (Å²) in [5, 5.41) is 3.23. The Morgan fingerprint density at radius 1 is 1.21 bits per heavy atom. The van der Waals surface area contributed by atoms with Gasteiger partial charge in [0.2, 0.25) is 5.95 Å². The van der Waals surface area contributed by atoms with Gasteiger partial charge in [0.05, 0.1) is 7.11 Å². The third kappa shape index (κ3) is 3.28. The minimum atomic E-state index is 0.375. The van der Waals surface area contributed by atoms with E-state index >= 15 is 0 Å². The van der Waals surface area contributed by atoms with Gasteiger partial charge in [0, 0.05) is 13.1 Å². The summed E-state index contributed by atoms with van der Waals surface area (Å²) < 4.78 is 7.81. The number of fused-ring (bicyclic) bond motifs is 1. The Bertz CT molecular complexity index is 846. The summed E-state index contributed by atoms with van der Waals surface area (Å²) in [6, 6.07) is 7.99. The van der Waals surface area contributed by atoms with E-state index in [9.17, 15) is 0 Å². The van der Waals surface area contributed by atoms with Crippen molar-refractivity contribution < 1.29 is 4.74 Å². The molecule has 0 amide bonds. The number of hydrogen-bond donors (Lipinski definition) is 2. The molecule has 0 aliphatic heterocycles. The number of anilines is 2. The molecule has 8 heteroatoms. The van der Waals surface area contributed by atoms with Crippen molar-refractivity contribution in [1.29, 1.82) is 0 Å². The minimum absolute atomic E-state index is 0.375. The van der Waals surface area contributed by atoms with Crippen LogP contribution in [0.4, 0.5) is 11.8 Å². The Labute approximate surface area is 148 Å². The first-order valence-corrected chi connectivity index (χ1v) is 8.47. The lowest BCUT2D eigenvalue weighted by Crippen LogP contribution is -2.10. The van der Waals surface area contributed by atoms with E-state index < -0.39 is 0 Å². The molecule has 0 fully saturated rings. The number of ether oxygens (including phenoxy) is 1. The van der Waals surface area contributed by atoms with Gasteiger partial charge in [0.15, 0.2) is 21.7 Å². The molecule has 0 spiro atoms. The molecule has 3 N–H and O–H groups in total. The molecule has 0 radical (unpaired) electrons. The molecule has 3 rings (SSSR count). The van der Waals surface area contributed by atoms with Gasteiger partial charge in [-0.1, -0.05) is 12.1 Å². The second-order valence-corrected chi connectivity index (χ2v) is 5.96. The minimum Gasteiger partial charge on any atom is -0.497 e. The van der Waals surface area contributed by atoms with E-state index in [0.717, 1.165) is 24.4 Å². The zero-order valence-corrected chi connectivity index (χ0v) is 15.2. The Morgan fingerprint density at radius 2 is 1.96 bits per heavy atom. The number of aromatic nitrogens is 4. The fourth-order valence-corrected chi connectivity index (χ4v) is 3.06. The molecular formula is C16H19BrN6O. The van der Waals surface area contributed by atoms with Crippen LogP contribution in [0.1, 0.15) is 12.5 Å². The fourth-order valence-electron chi connectivity index (χ4n) is 2.47. The number of benzene rings is 1. The highest BCUT2D eigenvalue weighted by Gasteiger charge is 2.14. The van der Waals surface area contributed by atoms with Crippen LogP contribution in [0.3, 0.4) is 0 Å². The highest BCUT2D eigenvalue weighted by atomic mass is 79.9. The van der Waals surface area contributed by atoms with E-state index in [2.05, 4.69) is 36.2 Å². The SMILES string of the molecule is CCn1c(Br)nc2c(N)nc(NCCc3ccc(OC)cc3)nc21. The molecule has 0 saturated heterocycles. The summed E-state index contributed by atoms with van der Waals surface area (Å²) >= 11 is 3.42. The maximum atomic E-state index is 6.01. The smallest absolute Gasteiger partial charge is 0.226 e. The molecule has 0 atom stereocenters. The molecule has 24 heavy (non-hydrogen) atoms. The maximum absolute atomic E-state index is 6.01. The van der Waals surface area contributed by atoms with Crippen molar-refractivity contribution >= 4 is 38.9 Å². The molecule has 0 aliphatic rings. The monoisotopic (exact) mass is 390 g/mol. The van der Waals surface area contributed by atoms with Gasteiger partial charge in [0.1, 0.15) is 5.75 Å². The lowest BCUT2D eigenvalue weighted by Gasteiger charge is -2.07. The summed E-state index contributed by atoms with van der Waals surface area (Å²) in [7, 11) is 1.66. The summed E-state index contributed by atoms with van der Waals surface area (Å²) in [6.45, 7) is 3.48. The Hall–Kier alpha value is -2.35. The van der Waals surface area contributed by atoms with Crippen molar-refractivity contribution in [2.24, 2.45) is 0 Å². The molecule has 0 saturated carbocycles. The largest absolute Gasteiger partial charge is 0.497 e. The van der Waals surface area contributed by atoms with Crippen LogP contribution in [0.5, 0.6) is 5.75 Å². The first-order chi connectivity index (χ1) is 11.6. The van der Waals surface area contributed by atoms with E-state index in [1.165, 1.54) is 5.56 Å². The predicted octanol–water partition coefficient (Wildman–Crippen LogP) is 2.85. The van der Waals surface area contributed by atoms with Crippen LogP contribution in [-0.2, 0) is 13.0 Å². The van der Waals surface area contributed by atoms with E-state index in [-0.39, 0.29) is 0 Å². The van der Waals surface area contributed by atoms with Gasteiger partial charge in [-0.25, -0.2) is 4.98 Å². The second-order valence-electron chi connectivity index (χ2n) is 5.25. The zero-order chi connectivity index (χ0) is 17.1. The molecule has 7 nitrogen and oxygen atoms in total. The Morgan fingerprint density at radius 3 is 2.62 bits per heavy atom. The van der Waals surface area contributed by atoms with E-state index in [1.807, 2.05) is 35.8 Å². The first-order valence-electron chi connectivity index (χ1n) is 7.68. The molecule has 1 aromatic carbocycles. The van der Waals surface area contributed by atoms with Crippen molar-refractivity contribution in [3.8, 4) is 5.75 Å². The average molecular weight is 391 g/mol. The summed E-state index contributed by atoms with van der Waals surface area (Å²) in [5.74, 6) is 1.74. The highest BCUT2D eigenvalue weighted by Crippen LogP contribution is 2.23. The molecule has 2 heterocycles. The Kier molecular flexibility index (Phi) is 4.84. The number of nitrogen functional groups attached to an aromatic ring is 1. The number of nitrogens with two attached hydrogens (primary N) is 1. The van der Waals surface area contributed by atoms with Crippen LogP contribution in [0, 0.1) is 0 Å². The van der Waals surface area contributed by atoms with Crippen LogP contribution in [0.2, 0.25) is 0 Å². The number of aryl methyl sites for hydroxylation is 1. The molecular weight excluding hydrogens is 372 g/mol. The normalized spacial score (nSPS) is 11.0. The molecule has 0 unspecified atom stereocenters. The van der Waals surface area contributed by atoms with Gasteiger partial charge in [0.25, 0.3) is 0 Å². The van der Waals surface area contributed by atoms with Crippen molar-refractivity contribution in [3.63, 3.8) is 0 Å². The third-order valence-electron chi connectivity index (χ3n) is 3.75. The van der Waals surface area contributed by atoms with Crippen LogP contribution < -0.4 is 15.8 Å². The molecule has 126 valence electrons. The zero-order valence-electron chi connectivity index (χ0n) is 13.6. The van der Waals surface area contributed by atoms with Gasteiger partial charge in [-0.05, 0) is 47.0 Å². The summed E-state index contributed by atoms with van der Waals surface area (Å²) in [5.41, 5.74) is 8.56. The number of halogens is 1. The lowest BCUT2D eigenvalue weighted by atomic mass is 10.1. The van der Waals surface area contributed by atoms with Gasteiger partial charge < -0.3 is 20.4 Å². The quantitative estimate of drug-likeness (QED) is 0.628. The standard InChI is InChI=1S/C16H19BrN6O/c1-3-23-14-12(20-15(23)17)13(18)21-16(22-14)19-9-8-10-4-6-11(24-2)7-5-10/h4-7H,3,8-9H2,1-2H3,(H3,18,19,21,22). The molecule has 0 bridgehead atoms. The highest BCUT2D eigenvalue weighted by molar-refractivity contribution is 9.10. The number of hydrogen-bond acceptors (Lipinski definition) is 6. The second kappa shape index (κ2) is 7.04. The van der Waals surface area contributed by atoms with Gasteiger partial charge in [-0.3, -0.25) is 0 Å². The van der Waals surface area contributed by atoms with Crippen molar-refractivity contribution in [1.82, 2.24) is 19.5 Å². The maximum Gasteiger partial charge on any atom is 0.226 e. The summed E-state index contributed by atoms with van der Waals surface area (Å²) in [4.78, 5) is 13.2. The van der Waals surface area contributed by atoms with E-state index in [0.29, 0.717) is 28.6 Å². The fraction of sp³-hybridized carbons (Fsp3) is 0.312. The lowest BCUT2D eigenvalue weighted by molar-refractivity contribution is 0.414. The molecule has 2 aromatic heterocycles. The number of nitrogens with zero attached hydrogens (tertiary/aromatic N) is 4. The first kappa shape index (κ1) is 16.5. The van der Waals surface area contributed by atoms with Crippen LogP contribution >= 0.6 is 15.9 Å². The Balaban J connectivity index is 1.72. The van der Waals surface area contributed by atoms with E-state index in [4.69, 9.17) is 10.5 Å².